The van der Waals surface area contributed by atoms with Gasteiger partial charge in [-0.05, 0) is 42.3 Å². The third kappa shape index (κ3) is 4.90. The van der Waals surface area contributed by atoms with Crippen LogP contribution < -0.4 is 4.72 Å². The van der Waals surface area contributed by atoms with Crippen molar-refractivity contribution >= 4 is 33.3 Å². The molecule has 0 amide bonds. The number of esters is 1. The molecule has 0 radical (unpaired) electrons. The van der Waals surface area contributed by atoms with E-state index in [1.165, 1.54) is 6.92 Å². The number of hydrogen-bond donors (Lipinski definition) is 2. The van der Waals surface area contributed by atoms with Crippen LogP contribution in [-0.2, 0) is 26.4 Å². The van der Waals surface area contributed by atoms with E-state index in [2.05, 4.69) is 25.4 Å². The quantitative estimate of drug-likeness (QED) is 0.245. The number of carbonyl (C=O) groups is 1. The predicted molar refractivity (Wildman–Crippen MR) is 95.9 cm³/mol. The summed E-state index contributed by atoms with van der Waals surface area (Å²) >= 11 is 1.08. The summed E-state index contributed by atoms with van der Waals surface area (Å²) in [6, 6.07) is 1.25. The average Bonchev–Trinajstić information content (AvgIpc) is 2.56. The maximum atomic E-state index is 14.9. The number of nitrogens with one attached hydrogen (secondary N) is 1. The third-order valence-corrected chi connectivity index (χ3v) is 5.65. The number of alkyl halides is 2. The first-order valence-electron chi connectivity index (χ1n) is 7.89. The van der Waals surface area contributed by atoms with E-state index >= 15 is 0 Å². The minimum atomic E-state index is -4.23. The van der Waals surface area contributed by atoms with Crippen molar-refractivity contribution in [3.8, 4) is 0 Å². The number of halogens is 5. The van der Waals surface area contributed by atoms with E-state index in [0.717, 1.165) is 13.0 Å². The van der Waals surface area contributed by atoms with Crippen LogP contribution in [-0.4, -0.2) is 28.8 Å². The van der Waals surface area contributed by atoms with Gasteiger partial charge in [0.25, 0.3) is 0 Å². The number of carbonyl (C=O) groups excluding carboxylic acids is 1. The lowest BCUT2D eigenvalue weighted by Gasteiger charge is -2.34. The average molecular weight is 463 g/mol. The monoisotopic (exact) mass is 462 g/mol. The molecular weight excluding hydrogens is 442 g/mol. The summed E-state index contributed by atoms with van der Waals surface area (Å²) in [7, 11) is 0. The van der Waals surface area contributed by atoms with Crippen molar-refractivity contribution in [2.24, 2.45) is 0 Å². The Morgan fingerprint density at radius 2 is 1.92 bits per heavy atom. The van der Waals surface area contributed by atoms with E-state index < -0.39 is 46.0 Å². The first-order chi connectivity index (χ1) is 12.0. The van der Waals surface area contributed by atoms with Crippen molar-refractivity contribution < 1.29 is 31.6 Å². The van der Waals surface area contributed by atoms with Crippen LogP contribution >= 0.6 is 15.9 Å². The number of unbranched alkanes of at least 4 members (excludes halogenated alkanes) is 1. The Morgan fingerprint density at radius 3 is 2.46 bits per heavy atom. The van der Waals surface area contributed by atoms with Gasteiger partial charge in [0.1, 0.15) is 11.6 Å². The summed E-state index contributed by atoms with van der Waals surface area (Å²) < 4.78 is 74.2. The predicted octanol–water partition coefficient (Wildman–Crippen LogP) is 4.54. The summed E-state index contributed by atoms with van der Waals surface area (Å²) in [5, 5.41) is 0. The van der Waals surface area contributed by atoms with Crippen LogP contribution in [0.1, 0.15) is 39.2 Å². The second kappa shape index (κ2) is 9.38. The van der Waals surface area contributed by atoms with Crippen molar-refractivity contribution in [3.05, 3.63) is 33.8 Å². The van der Waals surface area contributed by atoms with Crippen molar-refractivity contribution in [2.45, 2.75) is 45.1 Å². The molecule has 0 aromatic heterocycles. The molecule has 1 rings (SSSR count). The van der Waals surface area contributed by atoms with Crippen LogP contribution in [0.4, 0.5) is 17.6 Å². The molecule has 1 aromatic carbocycles. The first-order valence-corrected chi connectivity index (χ1v) is 10.0. The minimum Gasteiger partial charge on any atom is -0.461 e. The zero-order valence-corrected chi connectivity index (χ0v) is 16.9. The van der Waals surface area contributed by atoms with Crippen molar-refractivity contribution in [1.82, 2.24) is 4.72 Å². The van der Waals surface area contributed by atoms with Gasteiger partial charge in [0.05, 0.1) is 11.1 Å². The zero-order valence-electron chi connectivity index (χ0n) is 14.5. The Labute approximate surface area is 161 Å². The molecule has 148 valence electrons. The van der Waals surface area contributed by atoms with Crippen LogP contribution in [0.15, 0.2) is 16.6 Å². The molecule has 2 atom stereocenters. The summed E-state index contributed by atoms with van der Waals surface area (Å²) in [4.78, 5) is 11.8. The normalized spacial score (nSPS) is 15.4. The third-order valence-electron chi connectivity index (χ3n) is 3.72. The molecule has 2 N–H and O–H groups in total. The Balaban J connectivity index is 3.47. The maximum Gasteiger partial charge on any atom is 0.379 e. The Bertz CT molecular complexity index is 650. The second-order valence-corrected chi connectivity index (χ2v) is 7.89. The van der Waals surface area contributed by atoms with E-state index in [1.807, 2.05) is 6.92 Å². The molecule has 4 nitrogen and oxygen atoms in total. The van der Waals surface area contributed by atoms with Gasteiger partial charge in [-0.2, -0.15) is 13.3 Å². The molecule has 0 saturated carbocycles. The molecule has 0 aliphatic carbocycles. The lowest BCUT2D eigenvalue weighted by atomic mass is 9.86. The van der Waals surface area contributed by atoms with E-state index in [0.29, 0.717) is 18.9 Å². The van der Waals surface area contributed by atoms with E-state index in [1.54, 1.807) is 0 Å². The van der Waals surface area contributed by atoms with Gasteiger partial charge in [0.2, 0.25) is 11.4 Å². The zero-order chi connectivity index (χ0) is 20.1. The highest BCUT2D eigenvalue weighted by molar-refractivity contribution is 9.10. The molecule has 26 heavy (non-hydrogen) atoms. The van der Waals surface area contributed by atoms with Gasteiger partial charge in [-0.3, -0.25) is 0 Å². The minimum absolute atomic E-state index is 0.134. The summed E-state index contributed by atoms with van der Waals surface area (Å²) in [6.07, 6.45) is 1.23. The lowest BCUT2D eigenvalue weighted by molar-refractivity contribution is -0.183. The Kier molecular flexibility index (Phi) is 8.37. The van der Waals surface area contributed by atoms with Crippen LogP contribution in [0.2, 0.25) is 0 Å². The van der Waals surface area contributed by atoms with E-state index in [-0.39, 0.29) is 16.8 Å². The van der Waals surface area contributed by atoms with Crippen molar-refractivity contribution in [1.29, 1.82) is 0 Å². The Morgan fingerprint density at radius 1 is 1.31 bits per heavy atom. The molecule has 10 heteroatoms. The van der Waals surface area contributed by atoms with Crippen LogP contribution in [0, 0.1) is 11.6 Å². The van der Waals surface area contributed by atoms with Crippen LogP contribution in [0.25, 0.3) is 0 Å². The second-order valence-electron chi connectivity index (χ2n) is 5.69. The number of rotatable bonds is 9. The van der Waals surface area contributed by atoms with Crippen molar-refractivity contribution in [2.75, 3.05) is 12.4 Å². The highest BCUT2D eigenvalue weighted by Gasteiger charge is 2.63. The topological polar surface area (TPSA) is 58.6 Å². The maximum absolute atomic E-state index is 14.9. The van der Waals surface area contributed by atoms with Gasteiger partial charge >= 0.3 is 11.9 Å². The molecule has 0 heterocycles. The van der Waals surface area contributed by atoms with Gasteiger partial charge < -0.3 is 4.74 Å². The van der Waals surface area contributed by atoms with Crippen LogP contribution in [0.5, 0.6) is 0 Å². The standard InChI is InChI=1S/C16H21BrF4NO3S/c1-4-6-7-26(24)22-15(3,16(20,21)14(23)25-5-2)10-8-11(17)13(19)9-12(10)18/h8-9,22,24H,4-7H2,1-3H3/q+1. The highest BCUT2D eigenvalue weighted by Crippen LogP contribution is 2.41. The largest absolute Gasteiger partial charge is 0.461 e. The van der Waals surface area contributed by atoms with Crippen LogP contribution in [0.3, 0.4) is 0 Å². The fourth-order valence-electron chi connectivity index (χ4n) is 2.19. The first kappa shape index (κ1) is 23.2. The molecule has 2 unspecified atom stereocenters. The van der Waals surface area contributed by atoms with E-state index in [4.69, 9.17) is 0 Å². The summed E-state index contributed by atoms with van der Waals surface area (Å²) in [6.45, 7) is 3.77. The van der Waals surface area contributed by atoms with Gasteiger partial charge in [0, 0.05) is 11.6 Å². The molecule has 0 saturated heterocycles. The van der Waals surface area contributed by atoms with Gasteiger partial charge in [-0.25, -0.2) is 13.6 Å². The number of hydrogen-bond acceptors (Lipinski definition) is 4. The highest BCUT2D eigenvalue weighted by atomic mass is 79.9. The molecule has 0 aliphatic heterocycles. The summed E-state index contributed by atoms with van der Waals surface area (Å²) in [5.74, 6) is -8.24. The fourth-order valence-corrected chi connectivity index (χ4v) is 3.90. The van der Waals surface area contributed by atoms with E-state index in [9.17, 15) is 26.9 Å². The molecule has 0 spiro atoms. The fraction of sp³-hybridized carbons (Fsp3) is 0.562. The van der Waals surface area contributed by atoms with Gasteiger partial charge in [0.15, 0.2) is 11.3 Å². The molecular formula is C16H21BrF4NO3S+. The number of ether oxygens (including phenoxy) is 1. The SMILES string of the molecule is CCCC[S+](O)NC(C)(c1cc(Br)c(F)cc1F)C(F)(F)C(=O)OCC. The lowest BCUT2D eigenvalue weighted by Crippen LogP contribution is -2.60. The molecule has 0 bridgehead atoms. The molecule has 0 aliphatic rings. The number of benzene rings is 1. The smallest absolute Gasteiger partial charge is 0.379 e. The summed E-state index contributed by atoms with van der Waals surface area (Å²) in [5.41, 5.74) is -3.34. The van der Waals surface area contributed by atoms with Gasteiger partial charge in [-0.1, -0.05) is 18.1 Å². The molecule has 1 aromatic rings. The van der Waals surface area contributed by atoms with Crippen molar-refractivity contribution in [3.63, 3.8) is 0 Å². The Hall–Kier alpha value is -0.840. The van der Waals surface area contributed by atoms with Gasteiger partial charge in [-0.15, -0.1) is 0 Å². The molecule has 0 fully saturated rings.